The number of methoxy groups -OCH3 is 1. The van der Waals surface area contributed by atoms with Gasteiger partial charge in [0.1, 0.15) is 5.75 Å². The Morgan fingerprint density at radius 3 is 2.24 bits per heavy atom. The summed E-state index contributed by atoms with van der Waals surface area (Å²) < 4.78 is 30.5. The zero-order valence-corrected chi connectivity index (χ0v) is 16.0. The number of benzene rings is 1. The molecule has 0 aromatic heterocycles. The number of hydrogen-bond donors (Lipinski definition) is 0. The predicted molar refractivity (Wildman–Crippen MR) is 96.9 cm³/mol. The van der Waals surface area contributed by atoms with Gasteiger partial charge in [-0.3, -0.25) is 4.79 Å². The summed E-state index contributed by atoms with van der Waals surface area (Å²) >= 11 is 0. The molecule has 0 unspecified atom stereocenters. The molecule has 8 heteroatoms. The highest BCUT2D eigenvalue weighted by Crippen LogP contribution is 2.15. The van der Waals surface area contributed by atoms with Crippen LogP contribution in [0.3, 0.4) is 0 Å². The third-order valence-corrected chi connectivity index (χ3v) is 5.67. The van der Waals surface area contributed by atoms with E-state index in [4.69, 9.17) is 4.74 Å². The van der Waals surface area contributed by atoms with E-state index in [1.807, 2.05) is 12.1 Å². The van der Waals surface area contributed by atoms with Gasteiger partial charge in [0, 0.05) is 32.7 Å². The van der Waals surface area contributed by atoms with E-state index in [0.717, 1.165) is 31.5 Å². The van der Waals surface area contributed by atoms with E-state index in [-0.39, 0.29) is 19.0 Å². The molecule has 1 aliphatic heterocycles. The normalized spacial score (nSPS) is 16.2. The van der Waals surface area contributed by atoms with Gasteiger partial charge in [0.05, 0.1) is 19.9 Å². The van der Waals surface area contributed by atoms with Crippen LogP contribution < -0.4 is 4.74 Å². The maximum Gasteiger partial charge on any atom is 0.237 e. The van der Waals surface area contributed by atoms with E-state index >= 15 is 0 Å². The molecule has 1 aromatic carbocycles. The zero-order valence-electron chi connectivity index (χ0n) is 15.1. The van der Waals surface area contributed by atoms with Gasteiger partial charge in [-0.05, 0) is 24.2 Å². The van der Waals surface area contributed by atoms with Crippen LogP contribution >= 0.6 is 0 Å². The summed E-state index contributed by atoms with van der Waals surface area (Å²) in [6.45, 7) is 6.06. The molecule has 140 valence electrons. The highest BCUT2D eigenvalue weighted by molar-refractivity contribution is 7.88. The number of ether oxygens (including phenoxy) is 1. The molecule has 25 heavy (non-hydrogen) atoms. The number of rotatable bonds is 7. The Kier molecular flexibility index (Phi) is 6.80. The minimum absolute atomic E-state index is 0.128. The van der Waals surface area contributed by atoms with Crippen molar-refractivity contribution in [1.82, 2.24) is 14.1 Å². The Hall–Kier alpha value is -1.64. The summed E-state index contributed by atoms with van der Waals surface area (Å²) in [6, 6.07) is 7.17. The summed E-state index contributed by atoms with van der Waals surface area (Å²) in [7, 11) is -1.91. The molecule has 1 fully saturated rings. The number of nitrogens with zero attached hydrogens (tertiary/aromatic N) is 3. The molecule has 0 radical (unpaired) electrons. The molecule has 1 heterocycles. The summed E-state index contributed by atoms with van der Waals surface area (Å²) in [5, 5.41) is 0. The van der Waals surface area contributed by atoms with Crippen LogP contribution in [-0.4, -0.2) is 81.1 Å². The molecule has 0 aliphatic carbocycles. The van der Waals surface area contributed by atoms with Gasteiger partial charge in [-0.1, -0.05) is 19.1 Å². The fourth-order valence-electron chi connectivity index (χ4n) is 2.79. The molecule has 1 aliphatic rings. The first-order valence-electron chi connectivity index (χ1n) is 8.41. The molecule has 1 aromatic rings. The van der Waals surface area contributed by atoms with E-state index in [9.17, 15) is 13.2 Å². The highest BCUT2D eigenvalue weighted by Gasteiger charge is 2.26. The van der Waals surface area contributed by atoms with Gasteiger partial charge in [0.2, 0.25) is 15.9 Å². The first kappa shape index (κ1) is 19.7. The van der Waals surface area contributed by atoms with Crippen LogP contribution in [0.25, 0.3) is 0 Å². The number of piperazine rings is 1. The first-order chi connectivity index (χ1) is 11.8. The fraction of sp³-hybridized carbons (Fsp3) is 0.588. The van der Waals surface area contributed by atoms with Crippen LogP contribution in [0, 0.1) is 0 Å². The molecule has 2 rings (SSSR count). The average molecular weight is 369 g/mol. The van der Waals surface area contributed by atoms with E-state index in [1.54, 1.807) is 24.1 Å². The Morgan fingerprint density at radius 1 is 1.16 bits per heavy atom. The van der Waals surface area contributed by atoms with Crippen molar-refractivity contribution in [2.45, 2.75) is 13.5 Å². The van der Waals surface area contributed by atoms with Crippen molar-refractivity contribution in [3.63, 3.8) is 0 Å². The molecule has 1 saturated heterocycles. The number of hydrogen-bond acceptors (Lipinski definition) is 5. The van der Waals surface area contributed by atoms with Crippen molar-refractivity contribution in [3.05, 3.63) is 29.8 Å². The number of carbonyl (C=O) groups is 1. The summed E-state index contributed by atoms with van der Waals surface area (Å²) in [6.07, 6.45) is 1.14. The van der Waals surface area contributed by atoms with E-state index in [2.05, 4.69) is 11.8 Å². The van der Waals surface area contributed by atoms with Crippen molar-refractivity contribution in [2.24, 2.45) is 0 Å². The van der Waals surface area contributed by atoms with Crippen LogP contribution in [0.15, 0.2) is 24.3 Å². The minimum Gasteiger partial charge on any atom is -0.497 e. The standard InChI is InChI=1S/C17H27N3O4S/c1-4-18-9-11-19(12-10-18)17(21)14-20(25(3,22)23)13-15-5-7-16(24-2)8-6-15/h5-8H,4,9-14H2,1-3H3. The zero-order chi connectivity index (χ0) is 18.4. The SMILES string of the molecule is CCN1CCN(C(=O)CN(Cc2ccc(OC)cc2)S(C)(=O)=O)CC1. The van der Waals surface area contributed by atoms with Crippen molar-refractivity contribution >= 4 is 15.9 Å². The van der Waals surface area contributed by atoms with E-state index in [1.165, 1.54) is 4.31 Å². The molecule has 7 nitrogen and oxygen atoms in total. The van der Waals surface area contributed by atoms with Gasteiger partial charge < -0.3 is 14.5 Å². The quantitative estimate of drug-likeness (QED) is 0.705. The summed E-state index contributed by atoms with van der Waals surface area (Å²) in [4.78, 5) is 16.5. The van der Waals surface area contributed by atoms with Crippen molar-refractivity contribution in [1.29, 1.82) is 0 Å². The smallest absolute Gasteiger partial charge is 0.237 e. The minimum atomic E-state index is -3.48. The molecule has 0 saturated carbocycles. The van der Waals surface area contributed by atoms with Gasteiger partial charge in [-0.15, -0.1) is 0 Å². The fourth-order valence-corrected chi connectivity index (χ4v) is 3.52. The van der Waals surface area contributed by atoms with Gasteiger partial charge in [-0.2, -0.15) is 4.31 Å². The number of likely N-dealkylation sites (N-methyl/N-ethyl adjacent to an activating group) is 1. The second kappa shape index (κ2) is 8.64. The Labute approximate surface area is 150 Å². The predicted octanol–water partition coefficient (Wildman–Crippen LogP) is 0.621. The van der Waals surface area contributed by atoms with E-state index in [0.29, 0.717) is 18.8 Å². The van der Waals surface area contributed by atoms with Crippen LogP contribution in [-0.2, 0) is 21.4 Å². The van der Waals surface area contributed by atoms with Gasteiger partial charge in [0.25, 0.3) is 0 Å². The molecular formula is C17H27N3O4S. The second-order valence-corrected chi connectivity index (χ2v) is 8.18. The van der Waals surface area contributed by atoms with Crippen molar-refractivity contribution < 1.29 is 17.9 Å². The third kappa shape index (κ3) is 5.69. The highest BCUT2D eigenvalue weighted by atomic mass is 32.2. The first-order valence-corrected chi connectivity index (χ1v) is 10.3. The van der Waals surface area contributed by atoms with E-state index < -0.39 is 10.0 Å². The summed E-state index contributed by atoms with van der Waals surface area (Å²) in [5.74, 6) is 0.564. The van der Waals surface area contributed by atoms with Crippen LogP contribution in [0.5, 0.6) is 5.75 Å². The number of carbonyl (C=O) groups excluding carboxylic acids is 1. The largest absolute Gasteiger partial charge is 0.497 e. The number of sulfonamides is 1. The molecule has 0 N–H and O–H groups in total. The lowest BCUT2D eigenvalue weighted by molar-refractivity contribution is -0.133. The summed E-state index contributed by atoms with van der Waals surface area (Å²) in [5.41, 5.74) is 0.815. The second-order valence-electron chi connectivity index (χ2n) is 6.19. The van der Waals surface area contributed by atoms with Gasteiger partial charge in [-0.25, -0.2) is 8.42 Å². The van der Waals surface area contributed by atoms with Gasteiger partial charge in [0.15, 0.2) is 0 Å². The maximum absolute atomic E-state index is 12.5. The Bertz CT molecular complexity index is 668. The number of amides is 1. The average Bonchev–Trinajstić information content (AvgIpc) is 2.61. The van der Waals surface area contributed by atoms with Crippen molar-refractivity contribution in [2.75, 3.05) is 52.6 Å². The molecule has 0 spiro atoms. The third-order valence-electron chi connectivity index (χ3n) is 4.47. The monoisotopic (exact) mass is 369 g/mol. The van der Waals surface area contributed by atoms with Crippen LogP contribution in [0.1, 0.15) is 12.5 Å². The van der Waals surface area contributed by atoms with Gasteiger partial charge >= 0.3 is 0 Å². The van der Waals surface area contributed by atoms with Crippen LogP contribution in [0.4, 0.5) is 0 Å². The van der Waals surface area contributed by atoms with Crippen molar-refractivity contribution in [3.8, 4) is 5.75 Å². The maximum atomic E-state index is 12.5. The lowest BCUT2D eigenvalue weighted by Crippen LogP contribution is -2.51. The molecule has 0 atom stereocenters. The Balaban J connectivity index is 2.01. The molecular weight excluding hydrogens is 342 g/mol. The lowest BCUT2D eigenvalue weighted by atomic mass is 10.2. The lowest BCUT2D eigenvalue weighted by Gasteiger charge is -2.35. The molecule has 0 bridgehead atoms. The topological polar surface area (TPSA) is 70.2 Å². The molecule has 1 amide bonds. The Morgan fingerprint density at radius 2 is 1.76 bits per heavy atom. The van der Waals surface area contributed by atoms with Crippen LogP contribution in [0.2, 0.25) is 0 Å².